The van der Waals surface area contributed by atoms with Crippen LogP contribution in [-0.4, -0.2) is 43.6 Å². The topological polar surface area (TPSA) is 81.0 Å². The molecule has 0 aromatic carbocycles. The Kier molecular flexibility index (Phi) is 4.29. The van der Waals surface area contributed by atoms with Crippen LogP contribution in [0.15, 0.2) is 29.3 Å². The van der Waals surface area contributed by atoms with Crippen molar-refractivity contribution in [2.45, 2.75) is 38.6 Å². The number of rotatable bonds is 3. The van der Waals surface area contributed by atoms with Gasteiger partial charge in [0.1, 0.15) is 0 Å². The first kappa shape index (κ1) is 15.9. The van der Waals surface area contributed by atoms with E-state index in [0.29, 0.717) is 25.6 Å². The van der Waals surface area contributed by atoms with Gasteiger partial charge in [0.2, 0.25) is 5.82 Å². The van der Waals surface area contributed by atoms with Crippen molar-refractivity contribution in [2.24, 2.45) is 5.92 Å². The SMILES string of the molecule is O=C(c1ncccn1)N1CCC(Cn2nc3c(cc2=O)CCC3)CC1. The Morgan fingerprint density at radius 2 is 1.92 bits per heavy atom. The van der Waals surface area contributed by atoms with Gasteiger partial charge < -0.3 is 4.90 Å². The molecule has 1 aliphatic carbocycles. The Morgan fingerprint density at radius 1 is 1.16 bits per heavy atom. The minimum atomic E-state index is -0.119. The Labute approximate surface area is 145 Å². The minimum absolute atomic E-state index is 0.00292. The molecule has 7 nitrogen and oxygen atoms in total. The number of aryl methyl sites for hydroxylation is 2. The van der Waals surface area contributed by atoms with Gasteiger partial charge in [-0.05, 0) is 49.7 Å². The molecular weight excluding hydrogens is 318 g/mol. The maximum Gasteiger partial charge on any atom is 0.291 e. The number of nitrogens with zero attached hydrogens (tertiary/aromatic N) is 5. The van der Waals surface area contributed by atoms with Gasteiger partial charge in [0.05, 0.1) is 5.69 Å². The van der Waals surface area contributed by atoms with Crippen LogP contribution < -0.4 is 5.56 Å². The van der Waals surface area contributed by atoms with Gasteiger partial charge in [-0.1, -0.05) is 0 Å². The van der Waals surface area contributed by atoms with Crippen LogP contribution in [0.2, 0.25) is 0 Å². The van der Waals surface area contributed by atoms with Crippen molar-refractivity contribution in [1.82, 2.24) is 24.6 Å². The van der Waals surface area contributed by atoms with E-state index in [1.807, 2.05) is 0 Å². The molecule has 0 unspecified atom stereocenters. The highest BCUT2D eigenvalue weighted by molar-refractivity contribution is 5.90. The zero-order valence-electron chi connectivity index (χ0n) is 14.1. The van der Waals surface area contributed by atoms with Crippen molar-refractivity contribution in [1.29, 1.82) is 0 Å². The van der Waals surface area contributed by atoms with Crippen LogP contribution in [0.3, 0.4) is 0 Å². The summed E-state index contributed by atoms with van der Waals surface area (Å²) in [5.41, 5.74) is 2.19. The summed E-state index contributed by atoms with van der Waals surface area (Å²) >= 11 is 0. The molecule has 7 heteroatoms. The number of likely N-dealkylation sites (tertiary alicyclic amines) is 1. The van der Waals surface area contributed by atoms with E-state index in [-0.39, 0.29) is 17.3 Å². The summed E-state index contributed by atoms with van der Waals surface area (Å²) in [6.45, 7) is 1.97. The standard InChI is InChI=1S/C18H21N5O2/c24-16-11-14-3-1-4-15(14)21-23(16)12-13-5-9-22(10-6-13)18(25)17-19-7-2-8-20-17/h2,7-8,11,13H,1,3-6,9-10,12H2. The van der Waals surface area contributed by atoms with E-state index in [2.05, 4.69) is 15.1 Å². The van der Waals surface area contributed by atoms with Gasteiger partial charge in [0, 0.05) is 38.1 Å². The van der Waals surface area contributed by atoms with Crippen LogP contribution in [0, 0.1) is 5.92 Å². The van der Waals surface area contributed by atoms with E-state index in [0.717, 1.165) is 43.4 Å². The molecule has 0 N–H and O–H groups in total. The number of aromatic nitrogens is 4. The fraction of sp³-hybridized carbons (Fsp3) is 0.500. The molecule has 0 spiro atoms. The van der Waals surface area contributed by atoms with E-state index in [1.54, 1.807) is 34.1 Å². The number of hydrogen-bond acceptors (Lipinski definition) is 5. The molecule has 0 atom stereocenters. The van der Waals surface area contributed by atoms with Gasteiger partial charge in [-0.3, -0.25) is 9.59 Å². The fourth-order valence-corrected chi connectivity index (χ4v) is 3.68. The van der Waals surface area contributed by atoms with Crippen LogP contribution in [0.4, 0.5) is 0 Å². The molecule has 2 aromatic heterocycles. The minimum Gasteiger partial charge on any atom is -0.336 e. The predicted molar refractivity (Wildman–Crippen MR) is 91.2 cm³/mol. The fourth-order valence-electron chi connectivity index (χ4n) is 3.68. The lowest BCUT2D eigenvalue weighted by Crippen LogP contribution is -2.41. The molecule has 2 aromatic rings. The monoisotopic (exact) mass is 339 g/mol. The Hall–Kier alpha value is -2.57. The van der Waals surface area contributed by atoms with E-state index >= 15 is 0 Å². The maximum absolute atomic E-state index is 12.4. The molecule has 0 radical (unpaired) electrons. The highest BCUT2D eigenvalue weighted by Crippen LogP contribution is 2.21. The number of amides is 1. The highest BCUT2D eigenvalue weighted by atomic mass is 16.2. The normalized spacial score (nSPS) is 17.5. The van der Waals surface area contributed by atoms with Gasteiger partial charge in [-0.25, -0.2) is 14.6 Å². The summed E-state index contributed by atoms with van der Waals surface area (Å²) in [6.07, 6.45) is 7.93. The second kappa shape index (κ2) is 6.74. The first-order valence-electron chi connectivity index (χ1n) is 8.87. The summed E-state index contributed by atoms with van der Waals surface area (Å²) in [7, 11) is 0. The number of fused-ring (bicyclic) bond motifs is 1. The average Bonchev–Trinajstić information content (AvgIpc) is 3.10. The molecule has 4 rings (SSSR count). The van der Waals surface area contributed by atoms with E-state index in [9.17, 15) is 9.59 Å². The van der Waals surface area contributed by atoms with Crippen LogP contribution in [0.5, 0.6) is 0 Å². The van der Waals surface area contributed by atoms with E-state index in [4.69, 9.17) is 0 Å². The lowest BCUT2D eigenvalue weighted by Gasteiger charge is -2.31. The quantitative estimate of drug-likeness (QED) is 0.836. The second-order valence-electron chi connectivity index (χ2n) is 6.80. The summed E-state index contributed by atoms with van der Waals surface area (Å²) in [5, 5.41) is 4.55. The molecule has 25 heavy (non-hydrogen) atoms. The van der Waals surface area contributed by atoms with Crippen molar-refractivity contribution in [3.05, 3.63) is 52.0 Å². The second-order valence-corrected chi connectivity index (χ2v) is 6.80. The van der Waals surface area contributed by atoms with Gasteiger partial charge >= 0.3 is 0 Å². The molecule has 2 aliphatic rings. The Morgan fingerprint density at radius 3 is 2.68 bits per heavy atom. The molecular formula is C18H21N5O2. The van der Waals surface area contributed by atoms with Gasteiger partial charge in [-0.15, -0.1) is 0 Å². The van der Waals surface area contributed by atoms with Crippen LogP contribution in [-0.2, 0) is 19.4 Å². The zero-order chi connectivity index (χ0) is 17.2. The van der Waals surface area contributed by atoms with Gasteiger partial charge in [0.25, 0.3) is 11.5 Å². The zero-order valence-corrected chi connectivity index (χ0v) is 14.1. The highest BCUT2D eigenvalue weighted by Gasteiger charge is 2.26. The van der Waals surface area contributed by atoms with Crippen molar-refractivity contribution in [3.63, 3.8) is 0 Å². The predicted octanol–water partition coefficient (Wildman–Crippen LogP) is 1.07. The summed E-state index contributed by atoms with van der Waals surface area (Å²) in [4.78, 5) is 34.5. The third-order valence-electron chi connectivity index (χ3n) is 5.11. The first-order valence-corrected chi connectivity index (χ1v) is 8.87. The van der Waals surface area contributed by atoms with E-state index in [1.165, 1.54) is 0 Å². The van der Waals surface area contributed by atoms with Crippen LogP contribution in [0.1, 0.15) is 41.1 Å². The van der Waals surface area contributed by atoms with E-state index < -0.39 is 0 Å². The van der Waals surface area contributed by atoms with Crippen molar-refractivity contribution in [3.8, 4) is 0 Å². The number of piperidine rings is 1. The smallest absolute Gasteiger partial charge is 0.291 e. The molecule has 130 valence electrons. The number of carbonyl (C=O) groups is 1. The lowest BCUT2D eigenvalue weighted by atomic mass is 9.96. The molecule has 1 amide bonds. The third kappa shape index (κ3) is 3.31. The first-order chi connectivity index (χ1) is 12.2. The molecule has 1 saturated heterocycles. The van der Waals surface area contributed by atoms with Crippen molar-refractivity contribution >= 4 is 5.91 Å². The van der Waals surface area contributed by atoms with Crippen molar-refractivity contribution in [2.75, 3.05) is 13.1 Å². The summed E-state index contributed by atoms with van der Waals surface area (Å²) in [5.74, 6) is 0.495. The Balaban J connectivity index is 1.38. The Bertz CT molecular complexity index is 825. The van der Waals surface area contributed by atoms with Crippen LogP contribution in [0.25, 0.3) is 0 Å². The summed E-state index contributed by atoms with van der Waals surface area (Å²) in [6, 6.07) is 3.45. The molecule has 1 fully saturated rings. The molecule has 0 bridgehead atoms. The molecule has 0 saturated carbocycles. The lowest BCUT2D eigenvalue weighted by molar-refractivity contribution is 0.0668. The number of hydrogen-bond donors (Lipinski definition) is 0. The van der Waals surface area contributed by atoms with Gasteiger partial charge in [-0.2, -0.15) is 5.10 Å². The summed E-state index contributed by atoms with van der Waals surface area (Å²) < 4.78 is 1.62. The number of carbonyl (C=O) groups excluding carboxylic acids is 1. The van der Waals surface area contributed by atoms with Crippen LogP contribution >= 0.6 is 0 Å². The van der Waals surface area contributed by atoms with Crippen molar-refractivity contribution < 1.29 is 4.79 Å². The molecule has 1 aliphatic heterocycles. The largest absolute Gasteiger partial charge is 0.336 e. The average molecular weight is 339 g/mol. The maximum atomic E-state index is 12.4. The molecule has 3 heterocycles. The van der Waals surface area contributed by atoms with Gasteiger partial charge in [0.15, 0.2) is 0 Å². The third-order valence-corrected chi connectivity index (χ3v) is 5.11.